The first-order chi connectivity index (χ1) is 32.3. The highest BCUT2D eigenvalue weighted by Crippen LogP contribution is 2.23. The van der Waals surface area contributed by atoms with Crippen LogP contribution < -0.4 is 0 Å². The summed E-state index contributed by atoms with van der Waals surface area (Å²) < 4.78 is 22.3. The van der Waals surface area contributed by atoms with Gasteiger partial charge in [0.25, 0.3) is 0 Å². The lowest BCUT2D eigenvalue weighted by molar-refractivity contribution is -0.305. The molecule has 10 nitrogen and oxygen atoms in total. The maximum Gasteiger partial charge on any atom is 0.306 e. The van der Waals surface area contributed by atoms with Crippen LogP contribution in [0.15, 0.2) is 24.3 Å². The largest absolute Gasteiger partial charge is 0.462 e. The van der Waals surface area contributed by atoms with Crippen molar-refractivity contribution in [3.8, 4) is 0 Å². The Morgan fingerprint density at radius 3 is 1.27 bits per heavy atom. The third-order valence-corrected chi connectivity index (χ3v) is 13.1. The second-order valence-electron chi connectivity index (χ2n) is 19.4. The van der Waals surface area contributed by atoms with E-state index in [-0.39, 0.29) is 32.0 Å². The lowest BCUT2D eigenvalue weighted by Crippen LogP contribution is -2.59. The molecule has 0 aromatic rings. The molecule has 66 heavy (non-hydrogen) atoms. The maximum absolute atomic E-state index is 12.8. The average Bonchev–Trinajstić information content (AvgIpc) is 3.32. The topological polar surface area (TPSA) is 152 Å². The van der Waals surface area contributed by atoms with Crippen molar-refractivity contribution in [2.24, 2.45) is 0 Å². The van der Waals surface area contributed by atoms with E-state index in [1.54, 1.807) is 0 Å². The second kappa shape index (κ2) is 46.9. The molecule has 1 aliphatic heterocycles. The van der Waals surface area contributed by atoms with Gasteiger partial charge in [-0.15, -0.1) is 0 Å². The van der Waals surface area contributed by atoms with Gasteiger partial charge in [0, 0.05) is 12.8 Å². The van der Waals surface area contributed by atoms with Crippen LogP contribution in [0.1, 0.15) is 264 Å². The van der Waals surface area contributed by atoms with E-state index < -0.39 is 49.4 Å². The van der Waals surface area contributed by atoms with Crippen molar-refractivity contribution in [3.63, 3.8) is 0 Å². The van der Waals surface area contributed by atoms with Gasteiger partial charge in [0.2, 0.25) is 0 Å². The Hall–Kier alpha value is -1.82. The number of allylic oxidation sites excluding steroid dienone is 4. The number of unbranched alkanes of at least 4 members (excludes halogenated alkanes) is 33. The molecule has 10 heteroatoms. The summed E-state index contributed by atoms with van der Waals surface area (Å²) in [6.45, 7) is 3.45. The molecule has 6 atom stereocenters. The van der Waals surface area contributed by atoms with Crippen molar-refractivity contribution in [1.82, 2.24) is 0 Å². The van der Waals surface area contributed by atoms with Crippen LogP contribution in [0.25, 0.3) is 0 Å². The number of carbonyl (C=O) groups excluding carboxylic acids is 2. The van der Waals surface area contributed by atoms with Crippen molar-refractivity contribution < 1.29 is 49.0 Å². The summed E-state index contributed by atoms with van der Waals surface area (Å²) >= 11 is 0. The van der Waals surface area contributed by atoms with Gasteiger partial charge in [0.1, 0.15) is 31.0 Å². The van der Waals surface area contributed by atoms with Gasteiger partial charge in [-0.25, -0.2) is 0 Å². The third-order valence-electron chi connectivity index (χ3n) is 13.1. The molecular formula is C56H104O10. The number of hydrogen-bond donors (Lipinski definition) is 4. The minimum absolute atomic E-state index is 0.216. The van der Waals surface area contributed by atoms with Gasteiger partial charge >= 0.3 is 11.9 Å². The maximum atomic E-state index is 12.8. The number of rotatable bonds is 48. The lowest BCUT2D eigenvalue weighted by atomic mass is 9.99. The van der Waals surface area contributed by atoms with Crippen molar-refractivity contribution in [2.45, 2.75) is 301 Å². The van der Waals surface area contributed by atoms with Crippen LogP contribution in [0.3, 0.4) is 0 Å². The summed E-state index contributed by atoms with van der Waals surface area (Å²) in [7, 11) is 0. The fraction of sp³-hybridized carbons (Fsp3) is 0.893. The Bertz CT molecular complexity index is 1130. The van der Waals surface area contributed by atoms with Gasteiger partial charge in [-0.05, 0) is 44.9 Å². The summed E-state index contributed by atoms with van der Waals surface area (Å²) in [6, 6.07) is 0. The molecule has 1 aliphatic rings. The van der Waals surface area contributed by atoms with Gasteiger partial charge < -0.3 is 39.4 Å². The van der Waals surface area contributed by atoms with Gasteiger partial charge in [-0.2, -0.15) is 0 Å². The van der Waals surface area contributed by atoms with Gasteiger partial charge in [0.15, 0.2) is 12.4 Å². The molecule has 1 rings (SSSR count). The third kappa shape index (κ3) is 37.1. The SMILES string of the molecule is CCCCCC/C=C\C/C=C\CCCCCCCCCC(=O)OC(COC(=O)CCCCCCCCCCCCCCCCCCCCCCCCC)COC1OC(CO)C(O)C(O)C1O. The van der Waals surface area contributed by atoms with Crippen LogP contribution in [0, 0.1) is 0 Å². The second-order valence-corrected chi connectivity index (χ2v) is 19.4. The van der Waals surface area contributed by atoms with E-state index in [9.17, 15) is 30.0 Å². The highest BCUT2D eigenvalue weighted by atomic mass is 16.7. The Balaban J connectivity index is 2.20. The molecule has 0 saturated carbocycles. The quantitative estimate of drug-likeness (QED) is 0.0264. The number of hydrogen-bond acceptors (Lipinski definition) is 10. The molecule has 1 fully saturated rings. The summed E-state index contributed by atoms with van der Waals surface area (Å²) in [6.07, 6.45) is 47.6. The number of ether oxygens (including phenoxy) is 4. The van der Waals surface area contributed by atoms with Crippen LogP contribution in [0.5, 0.6) is 0 Å². The van der Waals surface area contributed by atoms with Gasteiger partial charge in [-0.1, -0.05) is 231 Å². The van der Waals surface area contributed by atoms with Crippen molar-refractivity contribution in [1.29, 1.82) is 0 Å². The molecule has 388 valence electrons. The molecule has 0 bridgehead atoms. The molecule has 1 heterocycles. The number of aliphatic hydroxyl groups is 4. The first kappa shape index (κ1) is 62.2. The predicted molar refractivity (Wildman–Crippen MR) is 270 cm³/mol. The first-order valence-corrected chi connectivity index (χ1v) is 27.9. The zero-order chi connectivity index (χ0) is 48.0. The molecule has 1 saturated heterocycles. The molecule has 0 aromatic heterocycles. The van der Waals surface area contributed by atoms with E-state index in [4.69, 9.17) is 18.9 Å². The summed E-state index contributed by atoms with van der Waals surface area (Å²) in [4.78, 5) is 25.5. The minimum atomic E-state index is -1.59. The predicted octanol–water partition coefficient (Wildman–Crippen LogP) is 13.6. The highest BCUT2D eigenvalue weighted by molar-refractivity contribution is 5.70. The van der Waals surface area contributed by atoms with Crippen LogP contribution >= 0.6 is 0 Å². The van der Waals surface area contributed by atoms with E-state index in [0.717, 1.165) is 51.4 Å². The van der Waals surface area contributed by atoms with E-state index in [1.165, 1.54) is 180 Å². The minimum Gasteiger partial charge on any atom is -0.462 e. The smallest absolute Gasteiger partial charge is 0.306 e. The number of aliphatic hydroxyl groups excluding tert-OH is 4. The molecule has 6 unspecified atom stereocenters. The standard InChI is InChI=1S/C56H104O10/c1-3-5-7-9-11-13-15-17-19-21-23-24-25-26-27-29-30-32-34-36-38-40-42-44-51(58)63-47-49(48-64-56-55(62)54(61)53(60)50(46-57)66-56)65-52(59)45-43-41-39-37-35-33-31-28-22-20-18-16-14-12-10-8-6-4-2/h14,16,20,22,49-50,53-57,60-62H,3-13,15,17-19,21,23-48H2,1-2H3/b16-14-,22-20-. The monoisotopic (exact) mass is 937 g/mol. The Labute approximate surface area is 404 Å². The fourth-order valence-electron chi connectivity index (χ4n) is 8.69. The lowest BCUT2D eigenvalue weighted by Gasteiger charge is -2.39. The Morgan fingerprint density at radius 2 is 0.848 bits per heavy atom. The molecule has 0 spiro atoms. The zero-order valence-electron chi connectivity index (χ0n) is 42.7. The van der Waals surface area contributed by atoms with Crippen LogP contribution in [0.2, 0.25) is 0 Å². The Kier molecular flexibility index (Phi) is 44.2. The average molecular weight is 937 g/mol. The molecule has 0 amide bonds. The van der Waals surface area contributed by atoms with Crippen LogP contribution in [0.4, 0.5) is 0 Å². The van der Waals surface area contributed by atoms with Crippen molar-refractivity contribution in [2.75, 3.05) is 19.8 Å². The van der Waals surface area contributed by atoms with Crippen LogP contribution in [-0.4, -0.2) is 89.0 Å². The first-order valence-electron chi connectivity index (χ1n) is 27.9. The molecule has 0 aromatic carbocycles. The van der Waals surface area contributed by atoms with E-state index in [0.29, 0.717) is 6.42 Å². The van der Waals surface area contributed by atoms with Crippen molar-refractivity contribution >= 4 is 11.9 Å². The highest BCUT2D eigenvalue weighted by Gasteiger charge is 2.44. The van der Waals surface area contributed by atoms with E-state index in [1.807, 2.05) is 0 Å². The summed E-state index contributed by atoms with van der Waals surface area (Å²) in [5.74, 6) is -0.801. The summed E-state index contributed by atoms with van der Waals surface area (Å²) in [5.41, 5.74) is 0. The van der Waals surface area contributed by atoms with E-state index >= 15 is 0 Å². The van der Waals surface area contributed by atoms with Crippen LogP contribution in [-0.2, 0) is 28.5 Å². The molecule has 0 radical (unpaired) electrons. The van der Waals surface area contributed by atoms with Gasteiger partial charge in [-0.3, -0.25) is 9.59 Å². The molecule has 0 aliphatic carbocycles. The number of carbonyl (C=O) groups is 2. The Morgan fingerprint density at radius 1 is 0.470 bits per heavy atom. The zero-order valence-corrected chi connectivity index (χ0v) is 42.7. The summed E-state index contributed by atoms with van der Waals surface area (Å²) in [5, 5.41) is 40.3. The normalized spacial score (nSPS) is 19.3. The van der Waals surface area contributed by atoms with E-state index in [2.05, 4.69) is 38.2 Å². The van der Waals surface area contributed by atoms with Gasteiger partial charge in [0.05, 0.1) is 13.2 Å². The molecular weight excluding hydrogens is 833 g/mol. The van der Waals surface area contributed by atoms with Crippen molar-refractivity contribution in [3.05, 3.63) is 24.3 Å². The molecule has 4 N–H and O–H groups in total. The fourth-order valence-corrected chi connectivity index (χ4v) is 8.69. The number of esters is 2.